The Hall–Kier alpha value is -0.900. The van der Waals surface area contributed by atoms with Crippen LogP contribution < -0.4 is 11.3 Å². The summed E-state index contributed by atoms with van der Waals surface area (Å²) >= 11 is 0. The van der Waals surface area contributed by atoms with E-state index in [-0.39, 0.29) is 11.6 Å². The van der Waals surface area contributed by atoms with Crippen molar-refractivity contribution in [1.82, 2.24) is 10.3 Å². The molecule has 0 saturated carbocycles. The molecule has 3 nitrogen and oxygen atoms in total. The number of rotatable bonds is 6. The zero-order valence-electron chi connectivity index (χ0n) is 12.3. The maximum atomic E-state index is 5.82. The average molecular weight is 249 g/mol. The standard InChI is InChI=1S/C15H27N3/c1-6-12-9-8-10-13(11-12)14(17-16)15(3,7-2)18(4)5/h8-11,14,17H,6-7,16H2,1-5H3. The Labute approximate surface area is 111 Å². The van der Waals surface area contributed by atoms with Crippen LogP contribution in [0, 0.1) is 0 Å². The van der Waals surface area contributed by atoms with E-state index in [1.54, 1.807) is 0 Å². The second kappa shape index (κ2) is 6.32. The minimum atomic E-state index is 0.00111. The summed E-state index contributed by atoms with van der Waals surface area (Å²) in [7, 11) is 4.22. The molecule has 0 bridgehead atoms. The van der Waals surface area contributed by atoms with Gasteiger partial charge in [0.2, 0.25) is 0 Å². The molecule has 0 aliphatic rings. The third-order valence-electron chi connectivity index (χ3n) is 4.22. The van der Waals surface area contributed by atoms with Crippen LogP contribution in [0.15, 0.2) is 24.3 Å². The van der Waals surface area contributed by atoms with E-state index in [1.807, 2.05) is 0 Å². The normalized spacial score (nSPS) is 16.6. The Bertz CT molecular complexity index is 376. The predicted octanol–water partition coefficient (Wildman–Crippen LogP) is 2.48. The van der Waals surface area contributed by atoms with Gasteiger partial charge in [-0.3, -0.25) is 11.3 Å². The molecule has 18 heavy (non-hydrogen) atoms. The fourth-order valence-corrected chi connectivity index (χ4v) is 2.41. The molecule has 2 unspecified atom stereocenters. The summed E-state index contributed by atoms with van der Waals surface area (Å²) in [4.78, 5) is 2.25. The summed E-state index contributed by atoms with van der Waals surface area (Å²) in [6, 6.07) is 8.81. The first-order chi connectivity index (χ1) is 8.49. The van der Waals surface area contributed by atoms with E-state index >= 15 is 0 Å². The van der Waals surface area contributed by atoms with Crippen LogP contribution in [-0.4, -0.2) is 24.5 Å². The zero-order valence-corrected chi connectivity index (χ0v) is 12.3. The molecular weight excluding hydrogens is 222 g/mol. The van der Waals surface area contributed by atoms with Crippen LogP contribution in [0.5, 0.6) is 0 Å². The van der Waals surface area contributed by atoms with Crippen LogP contribution in [0.1, 0.15) is 44.4 Å². The summed E-state index contributed by atoms with van der Waals surface area (Å²) < 4.78 is 0. The molecule has 0 radical (unpaired) electrons. The van der Waals surface area contributed by atoms with Gasteiger partial charge >= 0.3 is 0 Å². The van der Waals surface area contributed by atoms with Crippen molar-refractivity contribution in [3.05, 3.63) is 35.4 Å². The molecule has 1 aromatic carbocycles. The second-order valence-corrected chi connectivity index (χ2v) is 5.30. The highest BCUT2D eigenvalue weighted by atomic mass is 15.3. The Balaban J connectivity index is 3.15. The Morgan fingerprint density at radius 3 is 2.44 bits per heavy atom. The summed E-state index contributed by atoms with van der Waals surface area (Å²) in [5, 5.41) is 0. The fourth-order valence-electron chi connectivity index (χ4n) is 2.41. The molecule has 0 fully saturated rings. The third kappa shape index (κ3) is 2.91. The van der Waals surface area contributed by atoms with Crippen molar-refractivity contribution >= 4 is 0 Å². The van der Waals surface area contributed by atoms with E-state index in [0.29, 0.717) is 0 Å². The Morgan fingerprint density at radius 2 is 2.00 bits per heavy atom. The lowest BCUT2D eigenvalue weighted by atomic mass is 9.83. The van der Waals surface area contributed by atoms with Gasteiger partial charge in [0.05, 0.1) is 6.04 Å². The first-order valence-electron chi connectivity index (χ1n) is 6.72. The summed E-state index contributed by atoms with van der Waals surface area (Å²) in [5.74, 6) is 5.82. The van der Waals surface area contributed by atoms with Gasteiger partial charge in [-0.25, -0.2) is 0 Å². The van der Waals surface area contributed by atoms with Crippen molar-refractivity contribution < 1.29 is 0 Å². The molecule has 0 spiro atoms. The van der Waals surface area contributed by atoms with Crippen molar-refractivity contribution in [2.75, 3.05) is 14.1 Å². The number of benzene rings is 1. The molecule has 0 aromatic heterocycles. The molecule has 3 N–H and O–H groups in total. The maximum absolute atomic E-state index is 5.82. The van der Waals surface area contributed by atoms with Gasteiger partial charge in [-0.2, -0.15) is 0 Å². The first-order valence-corrected chi connectivity index (χ1v) is 6.72. The van der Waals surface area contributed by atoms with E-state index < -0.39 is 0 Å². The highest BCUT2D eigenvalue weighted by Crippen LogP contribution is 2.32. The van der Waals surface area contributed by atoms with E-state index in [2.05, 4.69) is 69.5 Å². The van der Waals surface area contributed by atoms with Gasteiger partial charge in [0.15, 0.2) is 0 Å². The lowest BCUT2D eigenvalue weighted by Crippen LogP contribution is -2.53. The number of likely N-dealkylation sites (N-methyl/N-ethyl adjacent to an activating group) is 1. The van der Waals surface area contributed by atoms with Gasteiger partial charge in [-0.1, -0.05) is 38.1 Å². The largest absolute Gasteiger partial charge is 0.302 e. The molecular formula is C15H27N3. The number of nitrogens with zero attached hydrogens (tertiary/aromatic N) is 1. The van der Waals surface area contributed by atoms with Crippen molar-refractivity contribution in [2.24, 2.45) is 5.84 Å². The van der Waals surface area contributed by atoms with Gasteiger partial charge in [0, 0.05) is 5.54 Å². The molecule has 0 heterocycles. The van der Waals surface area contributed by atoms with Crippen LogP contribution in [-0.2, 0) is 6.42 Å². The van der Waals surface area contributed by atoms with E-state index in [0.717, 1.165) is 12.8 Å². The summed E-state index contributed by atoms with van der Waals surface area (Å²) in [6.45, 7) is 6.62. The smallest absolute Gasteiger partial charge is 0.0641 e. The quantitative estimate of drug-likeness (QED) is 0.601. The number of hydrazine groups is 1. The van der Waals surface area contributed by atoms with E-state index in [1.165, 1.54) is 11.1 Å². The third-order valence-corrected chi connectivity index (χ3v) is 4.22. The molecule has 0 aliphatic carbocycles. The average Bonchev–Trinajstić information content (AvgIpc) is 2.39. The first kappa shape index (κ1) is 15.2. The number of nitrogens with two attached hydrogens (primary N) is 1. The van der Waals surface area contributed by atoms with Gasteiger partial charge < -0.3 is 4.90 Å². The Kier molecular flexibility index (Phi) is 5.32. The van der Waals surface area contributed by atoms with Crippen LogP contribution >= 0.6 is 0 Å². The number of hydrogen-bond donors (Lipinski definition) is 2. The molecule has 102 valence electrons. The molecule has 2 atom stereocenters. The van der Waals surface area contributed by atoms with Gasteiger partial charge in [0.25, 0.3) is 0 Å². The van der Waals surface area contributed by atoms with Gasteiger partial charge in [-0.05, 0) is 45.0 Å². The van der Waals surface area contributed by atoms with E-state index in [4.69, 9.17) is 5.84 Å². The monoisotopic (exact) mass is 249 g/mol. The van der Waals surface area contributed by atoms with Crippen molar-refractivity contribution in [2.45, 2.75) is 45.2 Å². The van der Waals surface area contributed by atoms with Crippen molar-refractivity contribution in [1.29, 1.82) is 0 Å². The Morgan fingerprint density at radius 1 is 1.33 bits per heavy atom. The van der Waals surface area contributed by atoms with Crippen LogP contribution in [0.3, 0.4) is 0 Å². The highest BCUT2D eigenvalue weighted by Gasteiger charge is 2.35. The summed E-state index contributed by atoms with van der Waals surface area (Å²) in [6.07, 6.45) is 2.08. The molecule has 3 heteroatoms. The molecule has 1 rings (SSSR count). The predicted molar refractivity (Wildman–Crippen MR) is 78.3 cm³/mol. The zero-order chi connectivity index (χ0) is 13.8. The highest BCUT2D eigenvalue weighted by molar-refractivity contribution is 5.28. The second-order valence-electron chi connectivity index (χ2n) is 5.30. The van der Waals surface area contributed by atoms with Crippen molar-refractivity contribution in [3.8, 4) is 0 Å². The van der Waals surface area contributed by atoms with Crippen LogP contribution in [0.25, 0.3) is 0 Å². The van der Waals surface area contributed by atoms with Gasteiger partial charge in [-0.15, -0.1) is 0 Å². The fraction of sp³-hybridized carbons (Fsp3) is 0.600. The number of hydrogen-bond acceptors (Lipinski definition) is 3. The maximum Gasteiger partial charge on any atom is 0.0641 e. The minimum Gasteiger partial charge on any atom is -0.302 e. The van der Waals surface area contributed by atoms with Gasteiger partial charge in [0.1, 0.15) is 0 Å². The molecule has 0 aliphatic heterocycles. The lowest BCUT2D eigenvalue weighted by Gasteiger charge is -2.42. The molecule has 0 saturated heterocycles. The van der Waals surface area contributed by atoms with Crippen molar-refractivity contribution in [3.63, 3.8) is 0 Å². The van der Waals surface area contributed by atoms with Crippen LogP contribution in [0.2, 0.25) is 0 Å². The summed E-state index contributed by atoms with van der Waals surface area (Å²) in [5.41, 5.74) is 5.61. The SMILES string of the molecule is CCc1cccc(C(NN)C(C)(CC)N(C)C)c1. The number of nitrogens with one attached hydrogen (secondary N) is 1. The van der Waals surface area contributed by atoms with Crippen LogP contribution in [0.4, 0.5) is 0 Å². The minimum absolute atomic E-state index is 0.00111. The topological polar surface area (TPSA) is 41.3 Å². The molecule has 1 aromatic rings. The lowest BCUT2D eigenvalue weighted by molar-refractivity contribution is 0.113. The molecule has 0 amide bonds. The number of aryl methyl sites for hydroxylation is 1. The van der Waals surface area contributed by atoms with E-state index in [9.17, 15) is 0 Å².